The van der Waals surface area contributed by atoms with Crippen molar-refractivity contribution < 1.29 is 24.1 Å². The van der Waals surface area contributed by atoms with Crippen LogP contribution in [0.1, 0.15) is 11.5 Å². The van der Waals surface area contributed by atoms with Crippen LogP contribution in [0.2, 0.25) is 0 Å². The molecule has 0 aliphatic carbocycles. The first-order valence-electron chi connectivity index (χ1n) is 5.06. The lowest BCUT2D eigenvalue weighted by atomic mass is 9.98. The van der Waals surface area contributed by atoms with Gasteiger partial charge in [-0.05, 0) is 17.7 Å². The highest BCUT2D eigenvalue weighted by molar-refractivity contribution is 5.76. The van der Waals surface area contributed by atoms with Crippen LogP contribution in [0.4, 0.5) is 0 Å². The Morgan fingerprint density at radius 3 is 2.00 bits per heavy atom. The molecule has 0 unspecified atom stereocenters. The zero-order chi connectivity index (χ0) is 12.8. The number of hydrogen-bond donors (Lipinski definition) is 1. The van der Waals surface area contributed by atoms with Crippen molar-refractivity contribution in [2.75, 3.05) is 21.3 Å². The highest BCUT2D eigenvalue weighted by Gasteiger charge is 2.29. The minimum atomic E-state index is -0.996. The van der Waals surface area contributed by atoms with Gasteiger partial charge in [0.25, 0.3) is 0 Å². The number of aliphatic carboxylic acids is 1. The summed E-state index contributed by atoms with van der Waals surface area (Å²) in [6, 6.07) is 6.77. The van der Waals surface area contributed by atoms with E-state index in [0.29, 0.717) is 11.3 Å². The summed E-state index contributed by atoms with van der Waals surface area (Å²) in [5.41, 5.74) is 0.604. The number of methoxy groups -OCH3 is 3. The number of rotatable bonds is 6. The molecular formula is C12H16O5. The van der Waals surface area contributed by atoms with E-state index in [4.69, 9.17) is 14.2 Å². The molecule has 0 amide bonds. The zero-order valence-corrected chi connectivity index (χ0v) is 10.0. The molecule has 0 heterocycles. The van der Waals surface area contributed by atoms with Gasteiger partial charge in [-0.2, -0.15) is 0 Å². The third-order valence-electron chi connectivity index (χ3n) is 2.48. The molecule has 17 heavy (non-hydrogen) atoms. The fourth-order valence-corrected chi connectivity index (χ4v) is 1.60. The van der Waals surface area contributed by atoms with E-state index < -0.39 is 18.2 Å². The molecule has 1 aromatic carbocycles. The summed E-state index contributed by atoms with van der Waals surface area (Å²) in [4.78, 5) is 11.2. The average molecular weight is 240 g/mol. The van der Waals surface area contributed by atoms with Crippen LogP contribution < -0.4 is 4.74 Å². The molecule has 0 spiro atoms. The van der Waals surface area contributed by atoms with Gasteiger partial charge in [0.15, 0.2) is 6.29 Å². The molecule has 0 aliphatic heterocycles. The second-order valence-corrected chi connectivity index (χ2v) is 3.43. The monoisotopic (exact) mass is 240 g/mol. The Kier molecular flexibility index (Phi) is 4.93. The second kappa shape index (κ2) is 6.22. The third kappa shape index (κ3) is 3.18. The number of hydrogen-bond acceptors (Lipinski definition) is 4. The van der Waals surface area contributed by atoms with Crippen LogP contribution in [-0.4, -0.2) is 38.7 Å². The quantitative estimate of drug-likeness (QED) is 0.763. The predicted octanol–water partition coefficient (Wildman–Crippen LogP) is 1.48. The van der Waals surface area contributed by atoms with E-state index >= 15 is 0 Å². The third-order valence-corrected chi connectivity index (χ3v) is 2.48. The zero-order valence-electron chi connectivity index (χ0n) is 10.0. The molecule has 0 saturated carbocycles. The lowest BCUT2D eigenvalue weighted by Crippen LogP contribution is -2.29. The fourth-order valence-electron chi connectivity index (χ4n) is 1.60. The van der Waals surface area contributed by atoms with Gasteiger partial charge in [0.2, 0.25) is 0 Å². The first kappa shape index (κ1) is 13.5. The van der Waals surface area contributed by atoms with Gasteiger partial charge < -0.3 is 19.3 Å². The molecule has 0 saturated heterocycles. The van der Waals surface area contributed by atoms with Crippen molar-refractivity contribution in [3.05, 3.63) is 29.8 Å². The average Bonchev–Trinajstić information content (AvgIpc) is 2.35. The van der Waals surface area contributed by atoms with Crippen molar-refractivity contribution in [2.45, 2.75) is 12.2 Å². The van der Waals surface area contributed by atoms with Crippen LogP contribution in [0, 0.1) is 0 Å². The summed E-state index contributed by atoms with van der Waals surface area (Å²) in [5.74, 6) is -1.19. The highest BCUT2D eigenvalue weighted by Crippen LogP contribution is 2.24. The number of ether oxygens (including phenoxy) is 3. The second-order valence-electron chi connectivity index (χ2n) is 3.43. The SMILES string of the molecule is COc1ccc([C@H](C(=O)O)C(OC)OC)cc1. The standard InChI is InChI=1S/C12H16O5/c1-15-9-6-4-8(5-7-9)10(11(13)14)12(16-2)17-3/h4-7,10,12H,1-3H3,(H,13,14)/t10-/m1/s1. The van der Waals surface area contributed by atoms with Gasteiger partial charge in [0.05, 0.1) is 7.11 Å². The van der Waals surface area contributed by atoms with E-state index in [0.717, 1.165) is 0 Å². The topological polar surface area (TPSA) is 65.0 Å². The molecule has 0 radical (unpaired) electrons. The maximum atomic E-state index is 11.2. The van der Waals surface area contributed by atoms with E-state index in [2.05, 4.69) is 0 Å². The van der Waals surface area contributed by atoms with E-state index in [9.17, 15) is 9.90 Å². The van der Waals surface area contributed by atoms with E-state index in [1.165, 1.54) is 14.2 Å². The van der Waals surface area contributed by atoms with Gasteiger partial charge in [-0.3, -0.25) is 4.79 Å². The molecule has 5 nitrogen and oxygen atoms in total. The lowest BCUT2D eigenvalue weighted by Gasteiger charge is -2.21. The summed E-state index contributed by atoms with van der Waals surface area (Å²) >= 11 is 0. The molecule has 1 atom stereocenters. The number of carboxylic acid groups (broad SMARTS) is 1. The normalized spacial score (nSPS) is 12.5. The lowest BCUT2D eigenvalue weighted by molar-refractivity contribution is -0.160. The molecule has 94 valence electrons. The van der Waals surface area contributed by atoms with Crippen LogP contribution in [0.5, 0.6) is 5.75 Å². The van der Waals surface area contributed by atoms with Gasteiger partial charge in [0, 0.05) is 14.2 Å². The van der Waals surface area contributed by atoms with E-state index in [-0.39, 0.29) is 0 Å². The minimum absolute atomic E-state index is 0.604. The Morgan fingerprint density at radius 2 is 1.65 bits per heavy atom. The Hall–Kier alpha value is -1.59. The minimum Gasteiger partial charge on any atom is -0.497 e. The van der Waals surface area contributed by atoms with Gasteiger partial charge in [0.1, 0.15) is 11.7 Å². The number of carboxylic acids is 1. The van der Waals surface area contributed by atoms with E-state index in [1.807, 2.05) is 0 Å². The summed E-state index contributed by atoms with van der Waals surface area (Å²) in [6.45, 7) is 0. The Balaban J connectivity index is 3.00. The maximum Gasteiger partial charge on any atom is 0.316 e. The summed E-state index contributed by atoms with van der Waals surface area (Å²) in [5, 5.41) is 9.19. The Morgan fingerprint density at radius 1 is 1.12 bits per heavy atom. The van der Waals surface area contributed by atoms with Crippen molar-refractivity contribution in [1.82, 2.24) is 0 Å². The van der Waals surface area contributed by atoms with Crippen molar-refractivity contribution in [1.29, 1.82) is 0 Å². The summed E-state index contributed by atoms with van der Waals surface area (Å²) < 4.78 is 15.0. The van der Waals surface area contributed by atoms with Crippen molar-refractivity contribution in [3.8, 4) is 5.75 Å². The van der Waals surface area contributed by atoms with Crippen molar-refractivity contribution in [2.24, 2.45) is 0 Å². The summed E-state index contributed by atoms with van der Waals surface area (Å²) in [7, 11) is 4.37. The van der Waals surface area contributed by atoms with Crippen molar-refractivity contribution >= 4 is 5.97 Å². The van der Waals surface area contributed by atoms with E-state index in [1.54, 1.807) is 31.4 Å². The van der Waals surface area contributed by atoms with Crippen LogP contribution >= 0.6 is 0 Å². The molecule has 0 fully saturated rings. The Bertz CT molecular complexity index is 356. The molecule has 0 aromatic heterocycles. The molecule has 1 rings (SSSR count). The molecular weight excluding hydrogens is 224 g/mol. The first-order valence-corrected chi connectivity index (χ1v) is 5.06. The van der Waals surface area contributed by atoms with Gasteiger partial charge >= 0.3 is 5.97 Å². The van der Waals surface area contributed by atoms with Crippen LogP contribution in [0.15, 0.2) is 24.3 Å². The van der Waals surface area contributed by atoms with Gasteiger partial charge in [-0.1, -0.05) is 12.1 Å². The molecule has 5 heteroatoms. The molecule has 0 bridgehead atoms. The largest absolute Gasteiger partial charge is 0.497 e. The fraction of sp³-hybridized carbons (Fsp3) is 0.417. The Labute approximate surface area is 99.9 Å². The predicted molar refractivity (Wildman–Crippen MR) is 61.2 cm³/mol. The highest BCUT2D eigenvalue weighted by atomic mass is 16.7. The van der Waals surface area contributed by atoms with Gasteiger partial charge in [-0.15, -0.1) is 0 Å². The van der Waals surface area contributed by atoms with Crippen LogP contribution in [0.25, 0.3) is 0 Å². The maximum absolute atomic E-state index is 11.2. The first-order chi connectivity index (χ1) is 8.13. The van der Waals surface area contributed by atoms with Gasteiger partial charge in [-0.25, -0.2) is 0 Å². The van der Waals surface area contributed by atoms with Crippen LogP contribution in [-0.2, 0) is 14.3 Å². The van der Waals surface area contributed by atoms with Crippen LogP contribution in [0.3, 0.4) is 0 Å². The smallest absolute Gasteiger partial charge is 0.316 e. The number of carbonyl (C=O) groups is 1. The molecule has 0 aliphatic rings. The summed E-state index contributed by atoms with van der Waals surface area (Å²) in [6.07, 6.45) is -0.819. The molecule has 1 N–H and O–H groups in total. The van der Waals surface area contributed by atoms with Crippen molar-refractivity contribution in [3.63, 3.8) is 0 Å². The number of benzene rings is 1. The molecule has 1 aromatic rings.